The Kier molecular flexibility index (Phi) is 4.63. The van der Waals surface area contributed by atoms with E-state index in [2.05, 4.69) is 85.8 Å². The number of hydrogen-bond donors (Lipinski definition) is 2. The van der Waals surface area contributed by atoms with Crippen LogP contribution >= 0.6 is 15.9 Å². The molecule has 25 heavy (non-hydrogen) atoms. The summed E-state index contributed by atoms with van der Waals surface area (Å²) < 4.78 is 1.14. The van der Waals surface area contributed by atoms with Gasteiger partial charge in [-0.05, 0) is 40.5 Å². The van der Waals surface area contributed by atoms with Gasteiger partial charge in [0.15, 0.2) is 0 Å². The first-order chi connectivity index (χ1) is 12.3. The topological polar surface area (TPSA) is 40.7 Å². The summed E-state index contributed by atoms with van der Waals surface area (Å²) in [5, 5.41) is 4.65. The molecular formula is C21H18BrN3. The Labute approximate surface area is 155 Å². The molecule has 124 valence electrons. The van der Waals surface area contributed by atoms with Crippen LogP contribution in [0.2, 0.25) is 0 Å². The molecule has 0 saturated heterocycles. The molecule has 4 aromatic rings. The molecule has 4 rings (SSSR count). The molecule has 0 radical (unpaired) electrons. The summed E-state index contributed by atoms with van der Waals surface area (Å²) in [4.78, 5) is 7.52. The van der Waals surface area contributed by atoms with E-state index in [0.29, 0.717) is 0 Å². The zero-order valence-corrected chi connectivity index (χ0v) is 15.3. The van der Waals surface area contributed by atoms with E-state index in [1.54, 1.807) is 0 Å². The fourth-order valence-electron chi connectivity index (χ4n) is 3.00. The summed E-state index contributed by atoms with van der Waals surface area (Å²) >= 11 is 3.59. The quantitative estimate of drug-likeness (QED) is 0.485. The van der Waals surface area contributed by atoms with Gasteiger partial charge in [0, 0.05) is 35.3 Å². The molecule has 2 aromatic carbocycles. The van der Waals surface area contributed by atoms with Gasteiger partial charge in [-0.3, -0.25) is 0 Å². The molecule has 0 saturated carbocycles. The molecule has 0 aliphatic heterocycles. The number of benzene rings is 2. The molecule has 0 bridgehead atoms. The number of pyridine rings is 1. The van der Waals surface area contributed by atoms with E-state index in [-0.39, 0.29) is 0 Å². The number of fused-ring (bicyclic) bond motifs is 1. The Morgan fingerprint density at radius 3 is 2.60 bits per heavy atom. The molecule has 2 N–H and O–H groups in total. The summed E-state index contributed by atoms with van der Waals surface area (Å²) in [6, 6.07) is 21.2. The monoisotopic (exact) mass is 391 g/mol. The van der Waals surface area contributed by atoms with Crippen molar-refractivity contribution in [2.75, 3.05) is 0 Å². The van der Waals surface area contributed by atoms with Gasteiger partial charge in [0.25, 0.3) is 0 Å². The maximum Gasteiger partial charge on any atom is 0.137 e. The highest BCUT2D eigenvalue weighted by molar-refractivity contribution is 9.10. The second kappa shape index (κ2) is 7.21. The fraction of sp³-hybridized carbons (Fsp3) is 0.0952. The predicted octanol–water partition coefficient (Wildman–Crippen LogP) is 5.28. The van der Waals surface area contributed by atoms with Crippen molar-refractivity contribution in [3.05, 3.63) is 88.7 Å². The van der Waals surface area contributed by atoms with E-state index in [0.717, 1.165) is 28.6 Å². The third kappa shape index (κ3) is 3.50. The lowest BCUT2D eigenvalue weighted by Crippen LogP contribution is -2.12. The Morgan fingerprint density at radius 2 is 1.76 bits per heavy atom. The van der Waals surface area contributed by atoms with Gasteiger partial charge in [0.2, 0.25) is 0 Å². The Bertz CT molecular complexity index is 989. The van der Waals surface area contributed by atoms with Crippen molar-refractivity contribution in [3.63, 3.8) is 0 Å². The minimum absolute atomic E-state index is 0.845. The SMILES string of the molecule is Brc1ccccc1CNCc1ccc(-c2ccnc3[nH]ccc23)cc1. The molecule has 0 atom stereocenters. The number of nitrogens with zero attached hydrogens (tertiary/aromatic N) is 1. The first kappa shape index (κ1) is 16.1. The maximum absolute atomic E-state index is 4.35. The Morgan fingerprint density at radius 1 is 0.920 bits per heavy atom. The van der Waals surface area contributed by atoms with Gasteiger partial charge >= 0.3 is 0 Å². The van der Waals surface area contributed by atoms with Crippen LogP contribution in [0.4, 0.5) is 0 Å². The molecule has 2 heterocycles. The normalized spacial score (nSPS) is 11.1. The second-order valence-corrected chi connectivity index (χ2v) is 6.84. The van der Waals surface area contributed by atoms with E-state index in [4.69, 9.17) is 0 Å². The van der Waals surface area contributed by atoms with Crippen LogP contribution < -0.4 is 5.32 Å². The highest BCUT2D eigenvalue weighted by Crippen LogP contribution is 2.27. The van der Waals surface area contributed by atoms with Crippen LogP contribution in [-0.4, -0.2) is 9.97 Å². The van der Waals surface area contributed by atoms with Crippen LogP contribution in [0.5, 0.6) is 0 Å². The molecule has 2 aromatic heterocycles. The molecule has 0 spiro atoms. The largest absolute Gasteiger partial charge is 0.346 e. The van der Waals surface area contributed by atoms with Crippen LogP contribution in [0.25, 0.3) is 22.2 Å². The van der Waals surface area contributed by atoms with Crippen LogP contribution in [-0.2, 0) is 13.1 Å². The second-order valence-electron chi connectivity index (χ2n) is 5.99. The third-order valence-corrected chi connectivity index (χ3v) is 5.10. The lowest BCUT2D eigenvalue weighted by atomic mass is 10.0. The van der Waals surface area contributed by atoms with Crippen molar-refractivity contribution in [2.45, 2.75) is 13.1 Å². The van der Waals surface area contributed by atoms with Gasteiger partial charge in [-0.1, -0.05) is 58.4 Å². The van der Waals surface area contributed by atoms with Crippen molar-refractivity contribution < 1.29 is 0 Å². The highest BCUT2D eigenvalue weighted by atomic mass is 79.9. The lowest BCUT2D eigenvalue weighted by molar-refractivity contribution is 0.691. The van der Waals surface area contributed by atoms with E-state index >= 15 is 0 Å². The number of nitrogens with one attached hydrogen (secondary N) is 2. The van der Waals surface area contributed by atoms with Crippen LogP contribution in [0.15, 0.2) is 77.5 Å². The van der Waals surface area contributed by atoms with Gasteiger partial charge in [0.05, 0.1) is 0 Å². The van der Waals surface area contributed by atoms with Crippen molar-refractivity contribution >= 4 is 27.0 Å². The number of hydrogen-bond acceptors (Lipinski definition) is 2. The minimum atomic E-state index is 0.845. The lowest BCUT2D eigenvalue weighted by Gasteiger charge is -2.08. The first-order valence-electron chi connectivity index (χ1n) is 8.27. The van der Waals surface area contributed by atoms with E-state index < -0.39 is 0 Å². The van der Waals surface area contributed by atoms with Gasteiger partial charge in [-0.2, -0.15) is 0 Å². The number of aromatic amines is 1. The van der Waals surface area contributed by atoms with Crippen LogP contribution in [0.1, 0.15) is 11.1 Å². The van der Waals surface area contributed by atoms with Crippen molar-refractivity contribution in [3.8, 4) is 11.1 Å². The first-order valence-corrected chi connectivity index (χ1v) is 9.06. The summed E-state index contributed by atoms with van der Waals surface area (Å²) in [5.74, 6) is 0. The summed E-state index contributed by atoms with van der Waals surface area (Å²) in [6.45, 7) is 1.69. The molecule has 0 aliphatic carbocycles. The standard InChI is InChI=1S/C21H18BrN3/c22-20-4-2-1-3-17(20)14-23-13-15-5-7-16(8-6-15)18-9-11-24-21-19(18)10-12-25-21/h1-12,23H,13-14H2,(H,24,25). The summed E-state index contributed by atoms with van der Waals surface area (Å²) in [5.41, 5.74) is 5.89. The molecule has 0 amide bonds. The van der Waals surface area contributed by atoms with Crippen molar-refractivity contribution in [1.29, 1.82) is 0 Å². The minimum Gasteiger partial charge on any atom is -0.346 e. The van der Waals surface area contributed by atoms with Crippen molar-refractivity contribution in [2.24, 2.45) is 0 Å². The molecular weight excluding hydrogens is 374 g/mol. The highest BCUT2D eigenvalue weighted by Gasteiger charge is 2.05. The van der Waals surface area contributed by atoms with Gasteiger partial charge in [-0.25, -0.2) is 4.98 Å². The predicted molar refractivity (Wildman–Crippen MR) is 106 cm³/mol. The summed E-state index contributed by atoms with van der Waals surface area (Å²) in [7, 11) is 0. The van der Waals surface area contributed by atoms with Gasteiger partial charge in [0.1, 0.15) is 5.65 Å². The van der Waals surface area contributed by atoms with Gasteiger partial charge < -0.3 is 10.3 Å². The van der Waals surface area contributed by atoms with E-state index in [1.807, 2.05) is 18.5 Å². The van der Waals surface area contributed by atoms with Crippen LogP contribution in [0.3, 0.4) is 0 Å². The average Bonchev–Trinajstić information content (AvgIpc) is 3.13. The van der Waals surface area contributed by atoms with Crippen LogP contribution in [0, 0.1) is 0 Å². The van der Waals surface area contributed by atoms with Crippen molar-refractivity contribution in [1.82, 2.24) is 15.3 Å². The zero-order chi connectivity index (χ0) is 17.1. The zero-order valence-electron chi connectivity index (χ0n) is 13.7. The molecule has 0 aliphatic rings. The number of rotatable bonds is 5. The number of H-pyrrole nitrogens is 1. The molecule has 0 fully saturated rings. The Balaban J connectivity index is 1.45. The number of halogens is 1. The maximum atomic E-state index is 4.35. The molecule has 0 unspecified atom stereocenters. The molecule has 3 nitrogen and oxygen atoms in total. The van der Waals surface area contributed by atoms with E-state index in [1.165, 1.54) is 22.3 Å². The van der Waals surface area contributed by atoms with Gasteiger partial charge in [-0.15, -0.1) is 0 Å². The van der Waals surface area contributed by atoms with E-state index in [9.17, 15) is 0 Å². The third-order valence-electron chi connectivity index (χ3n) is 4.33. The number of aromatic nitrogens is 2. The smallest absolute Gasteiger partial charge is 0.137 e. The fourth-order valence-corrected chi connectivity index (χ4v) is 3.42. The Hall–Kier alpha value is -2.43. The average molecular weight is 392 g/mol. The molecule has 4 heteroatoms. The summed E-state index contributed by atoms with van der Waals surface area (Å²) in [6.07, 6.45) is 3.78.